The Hall–Kier alpha value is -0.720. The molecule has 5 nitrogen and oxygen atoms in total. The molecule has 2 N–H and O–H groups in total. The summed E-state index contributed by atoms with van der Waals surface area (Å²) >= 11 is 1.29. The van der Waals surface area contributed by atoms with Crippen molar-refractivity contribution in [2.24, 2.45) is 0 Å². The van der Waals surface area contributed by atoms with Gasteiger partial charge in [-0.15, -0.1) is 5.10 Å². The summed E-state index contributed by atoms with van der Waals surface area (Å²) in [5.74, 6) is 0. The number of likely N-dealkylation sites (tertiary alicyclic amines) is 2. The summed E-state index contributed by atoms with van der Waals surface area (Å²) in [7, 11) is 0. The smallest absolute Gasteiger partial charge is 0.132 e. The number of rotatable bonds is 3. The molecule has 3 rings (SSSR count). The van der Waals surface area contributed by atoms with Gasteiger partial charge in [-0.05, 0) is 32.4 Å². The first-order valence-electron chi connectivity index (χ1n) is 6.36. The van der Waals surface area contributed by atoms with Gasteiger partial charge < -0.3 is 5.73 Å². The molecule has 0 saturated carbocycles. The summed E-state index contributed by atoms with van der Waals surface area (Å²) < 4.78 is 3.89. The molecule has 0 radical (unpaired) electrons. The molecule has 2 aliphatic heterocycles. The molecule has 2 aliphatic rings. The minimum Gasteiger partial charge on any atom is -0.388 e. The third-order valence-electron chi connectivity index (χ3n) is 3.86. The van der Waals surface area contributed by atoms with E-state index >= 15 is 0 Å². The highest BCUT2D eigenvalue weighted by Crippen LogP contribution is 2.23. The topological polar surface area (TPSA) is 58.3 Å². The van der Waals surface area contributed by atoms with Crippen LogP contribution in [0.25, 0.3) is 0 Å². The Morgan fingerprint density at radius 2 is 2.12 bits per heavy atom. The van der Waals surface area contributed by atoms with Gasteiger partial charge >= 0.3 is 0 Å². The zero-order valence-electron chi connectivity index (χ0n) is 10.0. The van der Waals surface area contributed by atoms with Crippen molar-refractivity contribution in [1.82, 2.24) is 19.4 Å². The highest BCUT2D eigenvalue weighted by Gasteiger charge is 2.29. The zero-order valence-corrected chi connectivity index (χ0v) is 10.8. The molecule has 2 saturated heterocycles. The second-order valence-corrected chi connectivity index (χ2v) is 5.79. The van der Waals surface area contributed by atoms with Crippen LogP contribution in [0.1, 0.15) is 25.0 Å². The van der Waals surface area contributed by atoms with Gasteiger partial charge in [0.2, 0.25) is 0 Å². The average Bonchev–Trinajstić information content (AvgIpc) is 3.02. The normalized spacial score (nSPS) is 26.9. The molecule has 0 bridgehead atoms. The first-order chi connectivity index (χ1) is 8.33. The molecule has 94 valence electrons. The maximum Gasteiger partial charge on any atom is 0.132 e. The van der Waals surface area contributed by atoms with Crippen LogP contribution in [0.15, 0.2) is 0 Å². The van der Waals surface area contributed by atoms with Crippen molar-refractivity contribution in [3.8, 4) is 0 Å². The van der Waals surface area contributed by atoms with Crippen molar-refractivity contribution in [2.75, 3.05) is 31.9 Å². The van der Waals surface area contributed by atoms with Crippen molar-refractivity contribution in [1.29, 1.82) is 0 Å². The average molecular weight is 253 g/mol. The van der Waals surface area contributed by atoms with Crippen LogP contribution in [0.2, 0.25) is 0 Å². The van der Waals surface area contributed by atoms with Gasteiger partial charge in [0.05, 0.1) is 0 Å². The zero-order chi connectivity index (χ0) is 11.7. The standard InChI is InChI=1S/C11H19N5S/c12-11-10(13-14-17-11)8-15-6-3-9(7-15)16-4-1-2-5-16/h9H,1-8,12H2. The predicted molar refractivity (Wildman–Crippen MR) is 68.8 cm³/mol. The summed E-state index contributed by atoms with van der Waals surface area (Å²) in [6, 6.07) is 0.755. The van der Waals surface area contributed by atoms with Gasteiger partial charge in [0.15, 0.2) is 0 Å². The Bertz CT molecular complexity index is 374. The number of aromatic nitrogens is 2. The van der Waals surface area contributed by atoms with Crippen LogP contribution >= 0.6 is 11.5 Å². The van der Waals surface area contributed by atoms with Gasteiger partial charge in [-0.3, -0.25) is 9.80 Å². The van der Waals surface area contributed by atoms with E-state index < -0.39 is 0 Å². The van der Waals surface area contributed by atoms with Gasteiger partial charge in [0.25, 0.3) is 0 Å². The minimum absolute atomic E-state index is 0.755. The van der Waals surface area contributed by atoms with Gasteiger partial charge in [0.1, 0.15) is 10.7 Å². The second-order valence-electron chi connectivity index (χ2n) is 5.00. The summed E-state index contributed by atoms with van der Waals surface area (Å²) in [5, 5.41) is 4.86. The fourth-order valence-electron chi connectivity index (χ4n) is 2.90. The van der Waals surface area contributed by atoms with Crippen molar-refractivity contribution in [3.63, 3.8) is 0 Å². The molecule has 1 unspecified atom stereocenters. The van der Waals surface area contributed by atoms with E-state index in [0.29, 0.717) is 0 Å². The molecule has 17 heavy (non-hydrogen) atoms. The van der Waals surface area contributed by atoms with Gasteiger partial charge in [0, 0.05) is 37.2 Å². The Balaban J connectivity index is 1.55. The lowest BCUT2D eigenvalue weighted by molar-refractivity contribution is 0.229. The number of nitrogen functional groups attached to an aromatic ring is 1. The molecule has 0 aliphatic carbocycles. The molecule has 0 amide bonds. The summed E-state index contributed by atoms with van der Waals surface area (Å²) in [6.07, 6.45) is 4.04. The van der Waals surface area contributed by atoms with E-state index in [9.17, 15) is 0 Å². The molecule has 0 aromatic carbocycles. The number of hydrogen-bond acceptors (Lipinski definition) is 6. The molecule has 3 heterocycles. The SMILES string of the molecule is Nc1snnc1CN1CCC(N2CCCC2)C1. The van der Waals surface area contributed by atoms with Crippen molar-refractivity contribution < 1.29 is 0 Å². The molecule has 1 atom stereocenters. The maximum atomic E-state index is 5.83. The third kappa shape index (κ3) is 2.43. The summed E-state index contributed by atoms with van der Waals surface area (Å²) in [4.78, 5) is 5.10. The Morgan fingerprint density at radius 3 is 2.82 bits per heavy atom. The van der Waals surface area contributed by atoms with E-state index in [1.54, 1.807) is 0 Å². The highest BCUT2D eigenvalue weighted by atomic mass is 32.1. The van der Waals surface area contributed by atoms with E-state index in [0.717, 1.165) is 36.4 Å². The Kier molecular flexibility index (Phi) is 3.26. The summed E-state index contributed by atoms with van der Waals surface area (Å²) in [6.45, 7) is 5.78. The lowest BCUT2D eigenvalue weighted by Crippen LogP contribution is -2.35. The largest absolute Gasteiger partial charge is 0.388 e. The molecular weight excluding hydrogens is 234 g/mol. The van der Waals surface area contributed by atoms with Crippen LogP contribution in [0.5, 0.6) is 0 Å². The number of anilines is 1. The molecular formula is C11H19N5S. The van der Waals surface area contributed by atoms with Crippen LogP contribution in [0.4, 0.5) is 5.00 Å². The summed E-state index contributed by atoms with van der Waals surface area (Å²) in [5.41, 5.74) is 6.79. The minimum atomic E-state index is 0.755. The number of nitrogens with zero attached hydrogens (tertiary/aromatic N) is 4. The predicted octanol–water partition coefficient (Wildman–Crippen LogP) is 0.790. The van der Waals surface area contributed by atoms with E-state index in [2.05, 4.69) is 19.4 Å². The van der Waals surface area contributed by atoms with Crippen molar-refractivity contribution in [3.05, 3.63) is 5.69 Å². The fraction of sp³-hybridized carbons (Fsp3) is 0.818. The first-order valence-corrected chi connectivity index (χ1v) is 7.13. The molecule has 1 aromatic heterocycles. The van der Waals surface area contributed by atoms with E-state index in [1.807, 2.05) is 0 Å². The number of nitrogens with two attached hydrogens (primary N) is 1. The van der Waals surface area contributed by atoms with Crippen LogP contribution in [0, 0.1) is 0 Å². The van der Waals surface area contributed by atoms with Crippen LogP contribution < -0.4 is 5.73 Å². The van der Waals surface area contributed by atoms with Crippen LogP contribution in [0.3, 0.4) is 0 Å². The lowest BCUT2D eigenvalue weighted by atomic mass is 10.2. The van der Waals surface area contributed by atoms with Crippen LogP contribution in [-0.4, -0.2) is 51.6 Å². The first kappa shape index (κ1) is 11.4. The highest BCUT2D eigenvalue weighted by molar-refractivity contribution is 7.09. The number of hydrogen-bond donors (Lipinski definition) is 1. The van der Waals surface area contributed by atoms with E-state index in [-0.39, 0.29) is 0 Å². The van der Waals surface area contributed by atoms with Crippen LogP contribution in [-0.2, 0) is 6.54 Å². The molecule has 0 spiro atoms. The fourth-order valence-corrected chi connectivity index (χ4v) is 3.34. The second kappa shape index (κ2) is 4.88. The lowest BCUT2D eigenvalue weighted by Gasteiger charge is -2.23. The quantitative estimate of drug-likeness (QED) is 0.863. The maximum absolute atomic E-state index is 5.83. The Morgan fingerprint density at radius 1 is 1.29 bits per heavy atom. The van der Waals surface area contributed by atoms with E-state index in [1.165, 1.54) is 43.9 Å². The molecule has 6 heteroatoms. The van der Waals surface area contributed by atoms with Gasteiger partial charge in [-0.1, -0.05) is 4.49 Å². The van der Waals surface area contributed by atoms with Gasteiger partial charge in [-0.2, -0.15) is 0 Å². The van der Waals surface area contributed by atoms with Crippen molar-refractivity contribution in [2.45, 2.75) is 31.8 Å². The monoisotopic (exact) mass is 253 g/mol. The van der Waals surface area contributed by atoms with E-state index in [4.69, 9.17) is 5.73 Å². The third-order valence-corrected chi connectivity index (χ3v) is 4.46. The Labute approximate surface area is 106 Å². The van der Waals surface area contributed by atoms with Crippen molar-refractivity contribution >= 4 is 16.5 Å². The molecule has 2 fully saturated rings. The molecule has 1 aromatic rings. The van der Waals surface area contributed by atoms with Gasteiger partial charge in [-0.25, -0.2) is 0 Å².